The predicted molar refractivity (Wildman–Crippen MR) is 72.9 cm³/mol. The molecule has 4 nitrogen and oxygen atoms in total. The summed E-state index contributed by atoms with van der Waals surface area (Å²) in [6.07, 6.45) is 0.389. The molecular weight excluding hydrogens is 226 g/mol. The van der Waals surface area contributed by atoms with Gasteiger partial charge in [0.2, 0.25) is 5.91 Å². The zero-order chi connectivity index (χ0) is 13.7. The normalized spacial score (nSPS) is 12.6. The van der Waals surface area contributed by atoms with Crippen molar-refractivity contribution in [1.29, 1.82) is 0 Å². The van der Waals surface area contributed by atoms with Crippen molar-refractivity contribution < 1.29 is 4.79 Å². The van der Waals surface area contributed by atoms with E-state index in [0.29, 0.717) is 18.9 Å². The van der Waals surface area contributed by atoms with E-state index in [1.165, 1.54) is 0 Å². The Kier molecular flexibility index (Phi) is 5.28. The second-order valence-electron chi connectivity index (χ2n) is 5.13. The second kappa shape index (κ2) is 6.50. The van der Waals surface area contributed by atoms with Crippen LogP contribution >= 0.6 is 0 Å². The van der Waals surface area contributed by atoms with Crippen LogP contribution in [0.25, 0.3) is 0 Å². The highest BCUT2D eigenvalue weighted by atomic mass is 16.2. The van der Waals surface area contributed by atoms with Gasteiger partial charge in [-0.1, -0.05) is 19.9 Å². The van der Waals surface area contributed by atoms with Crippen LogP contribution in [0.1, 0.15) is 31.7 Å². The van der Waals surface area contributed by atoms with Crippen LogP contribution in [-0.2, 0) is 11.3 Å². The topological polar surface area (TPSA) is 59.2 Å². The molecule has 0 aliphatic rings. The number of aryl methyl sites for hydroxylation is 1. The smallest absolute Gasteiger partial charge is 0.224 e. The third kappa shape index (κ3) is 4.45. The molecule has 0 fully saturated rings. The van der Waals surface area contributed by atoms with E-state index in [-0.39, 0.29) is 11.9 Å². The van der Waals surface area contributed by atoms with Crippen molar-refractivity contribution >= 4 is 5.91 Å². The van der Waals surface area contributed by atoms with Crippen molar-refractivity contribution in [1.82, 2.24) is 9.88 Å². The quantitative estimate of drug-likeness (QED) is 0.864. The van der Waals surface area contributed by atoms with Crippen LogP contribution in [0.5, 0.6) is 0 Å². The molecule has 0 saturated heterocycles. The third-order valence-electron chi connectivity index (χ3n) is 3.04. The van der Waals surface area contributed by atoms with E-state index < -0.39 is 0 Å². The zero-order valence-corrected chi connectivity index (χ0v) is 11.7. The lowest BCUT2D eigenvalue weighted by atomic mass is 10.0. The number of hydrogen-bond donors (Lipinski definition) is 1. The summed E-state index contributed by atoms with van der Waals surface area (Å²) in [5.41, 5.74) is 7.78. The van der Waals surface area contributed by atoms with E-state index in [1.807, 2.05) is 39.0 Å². The summed E-state index contributed by atoms with van der Waals surface area (Å²) in [4.78, 5) is 18.0. The maximum Gasteiger partial charge on any atom is 0.224 e. The predicted octanol–water partition coefficient (Wildman–Crippen LogP) is 1.72. The summed E-state index contributed by atoms with van der Waals surface area (Å²) in [5, 5.41) is 0. The maximum absolute atomic E-state index is 12.0. The highest BCUT2D eigenvalue weighted by molar-refractivity contribution is 5.76. The van der Waals surface area contributed by atoms with Gasteiger partial charge in [-0.15, -0.1) is 0 Å². The van der Waals surface area contributed by atoms with E-state index >= 15 is 0 Å². The lowest BCUT2D eigenvalue weighted by Gasteiger charge is -2.21. The van der Waals surface area contributed by atoms with Gasteiger partial charge in [-0.2, -0.15) is 0 Å². The van der Waals surface area contributed by atoms with Crippen LogP contribution in [0.15, 0.2) is 18.2 Å². The number of pyridine rings is 1. The molecule has 1 atom stereocenters. The zero-order valence-electron chi connectivity index (χ0n) is 11.7. The Balaban J connectivity index is 2.55. The van der Waals surface area contributed by atoms with Crippen molar-refractivity contribution in [3.63, 3.8) is 0 Å². The van der Waals surface area contributed by atoms with Gasteiger partial charge in [0.1, 0.15) is 0 Å². The lowest BCUT2D eigenvalue weighted by molar-refractivity contribution is -0.131. The van der Waals surface area contributed by atoms with E-state index in [1.54, 1.807) is 11.9 Å². The van der Waals surface area contributed by atoms with Crippen LogP contribution in [0, 0.1) is 12.8 Å². The van der Waals surface area contributed by atoms with Crippen LogP contribution in [0.3, 0.4) is 0 Å². The van der Waals surface area contributed by atoms with Gasteiger partial charge in [-0.25, -0.2) is 0 Å². The number of nitrogens with two attached hydrogens (primary N) is 1. The van der Waals surface area contributed by atoms with E-state index in [4.69, 9.17) is 5.73 Å². The van der Waals surface area contributed by atoms with Crippen molar-refractivity contribution in [2.24, 2.45) is 11.7 Å². The van der Waals surface area contributed by atoms with Crippen molar-refractivity contribution in [3.05, 3.63) is 29.6 Å². The first-order valence-electron chi connectivity index (χ1n) is 6.32. The molecule has 1 aromatic heterocycles. The number of amides is 1. The minimum absolute atomic E-state index is 0.0690. The lowest BCUT2D eigenvalue weighted by Crippen LogP contribution is -2.35. The van der Waals surface area contributed by atoms with E-state index in [9.17, 15) is 4.79 Å². The molecule has 18 heavy (non-hydrogen) atoms. The number of nitrogens with zero attached hydrogens (tertiary/aromatic N) is 2. The summed E-state index contributed by atoms with van der Waals surface area (Å²) in [6.45, 7) is 6.53. The Labute approximate surface area is 109 Å². The van der Waals surface area contributed by atoms with Gasteiger partial charge >= 0.3 is 0 Å². The first kappa shape index (κ1) is 14.6. The molecule has 0 spiro atoms. The average Bonchev–Trinajstić information content (AvgIpc) is 2.28. The Morgan fingerprint density at radius 1 is 1.44 bits per heavy atom. The first-order chi connectivity index (χ1) is 8.40. The fourth-order valence-electron chi connectivity index (χ4n) is 1.61. The highest BCUT2D eigenvalue weighted by Gasteiger charge is 2.16. The standard InChI is InChI=1S/C14H23N3O/c1-10(2)13(15)8-14(18)17(4)9-12-7-5-6-11(3)16-12/h5-7,10,13H,8-9,15H2,1-4H3. The molecule has 1 heterocycles. The summed E-state index contributed by atoms with van der Waals surface area (Å²) >= 11 is 0. The SMILES string of the molecule is Cc1cccc(CN(C)C(=O)CC(N)C(C)C)n1. The van der Waals surface area contributed by atoms with Crippen LogP contribution in [-0.4, -0.2) is 28.9 Å². The molecule has 0 saturated carbocycles. The van der Waals surface area contributed by atoms with Crippen molar-refractivity contribution in [3.8, 4) is 0 Å². The fourth-order valence-corrected chi connectivity index (χ4v) is 1.61. The average molecular weight is 249 g/mol. The number of carbonyl (C=O) groups is 1. The minimum Gasteiger partial charge on any atom is -0.340 e. The maximum atomic E-state index is 12.0. The fraction of sp³-hybridized carbons (Fsp3) is 0.571. The molecule has 100 valence electrons. The molecule has 1 unspecified atom stereocenters. The molecule has 0 bridgehead atoms. The molecule has 1 rings (SSSR count). The minimum atomic E-state index is -0.0783. The molecule has 1 aromatic rings. The third-order valence-corrected chi connectivity index (χ3v) is 3.04. The molecule has 4 heteroatoms. The first-order valence-corrected chi connectivity index (χ1v) is 6.32. The molecule has 0 radical (unpaired) electrons. The number of hydrogen-bond acceptors (Lipinski definition) is 3. The molecular formula is C14H23N3O. The number of aromatic nitrogens is 1. The number of carbonyl (C=O) groups excluding carboxylic acids is 1. The number of rotatable bonds is 5. The summed E-state index contributed by atoms with van der Waals surface area (Å²) < 4.78 is 0. The van der Waals surface area contributed by atoms with Crippen LogP contribution in [0.4, 0.5) is 0 Å². The van der Waals surface area contributed by atoms with Gasteiger partial charge in [-0.3, -0.25) is 9.78 Å². The second-order valence-corrected chi connectivity index (χ2v) is 5.13. The van der Waals surface area contributed by atoms with E-state index in [0.717, 1.165) is 11.4 Å². The summed E-state index contributed by atoms with van der Waals surface area (Å²) in [7, 11) is 1.79. The van der Waals surface area contributed by atoms with Gasteiger partial charge in [-0.05, 0) is 25.0 Å². The summed E-state index contributed by atoms with van der Waals surface area (Å²) in [6, 6.07) is 5.75. The largest absolute Gasteiger partial charge is 0.340 e. The van der Waals surface area contributed by atoms with Gasteiger partial charge in [0.05, 0.1) is 12.2 Å². The van der Waals surface area contributed by atoms with Gasteiger partial charge in [0, 0.05) is 25.2 Å². The van der Waals surface area contributed by atoms with Crippen molar-refractivity contribution in [2.75, 3.05) is 7.05 Å². The molecule has 2 N–H and O–H groups in total. The van der Waals surface area contributed by atoms with Crippen LogP contribution in [0.2, 0.25) is 0 Å². The Hall–Kier alpha value is -1.42. The molecule has 0 aliphatic carbocycles. The molecule has 0 aromatic carbocycles. The highest BCUT2D eigenvalue weighted by Crippen LogP contribution is 2.07. The summed E-state index contributed by atoms with van der Waals surface area (Å²) in [5.74, 6) is 0.388. The molecule has 0 aliphatic heterocycles. The van der Waals surface area contributed by atoms with Gasteiger partial charge in [0.15, 0.2) is 0 Å². The van der Waals surface area contributed by atoms with E-state index in [2.05, 4.69) is 4.98 Å². The van der Waals surface area contributed by atoms with Crippen molar-refractivity contribution in [2.45, 2.75) is 39.8 Å². The van der Waals surface area contributed by atoms with Gasteiger partial charge in [0.25, 0.3) is 0 Å². The molecule has 1 amide bonds. The monoisotopic (exact) mass is 249 g/mol. The van der Waals surface area contributed by atoms with Crippen LogP contribution < -0.4 is 5.73 Å². The Morgan fingerprint density at radius 2 is 2.11 bits per heavy atom. The van der Waals surface area contributed by atoms with Gasteiger partial charge < -0.3 is 10.6 Å². The Bertz CT molecular complexity index is 404. The Morgan fingerprint density at radius 3 is 2.67 bits per heavy atom.